The van der Waals surface area contributed by atoms with Crippen molar-refractivity contribution in [3.05, 3.63) is 23.4 Å². The molecule has 0 N–H and O–H groups in total. The van der Waals surface area contributed by atoms with Crippen LogP contribution >= 0.6 is 0 Å². The highest BCUT2D eigenvalue weighted by molar-refractivity contribution is 5.85. The van der Waals surface area contributed by atoms with Crippen molar-refractivity contribution in [3.8, 4) is 5.88 Å². The number of pyridine rings is 1. The lowest BCUT2D eigenvalue weighted by Crippen LogP contribution is -2.31. The van der Waals surface area contributed by atoms with Crippen LogP contribution in [0.2, 0.25) is 0 Å². The molecule has 0 aliphatic rings. The minimum atomic E-state index is -0.371. The Morgan fingerprint density at radius 3 is 2.03 bits per heavy atom. The summed E-state index contributed by atoms with van der Waals surface area (Å²) in [5, 5.41) is 0. The molecule has 0 saturated carbocycles. The predicted molar refractivity (Wildman–Crippen MR) is 133 cm³/mol. The van der Waals surface area contributed by atoms with E-state index in [0.29, 0.717) is 11.7 Å². The average molecular weight is 450 g/mol. The van der Waals surface area contributed by atoms with E-state index in [4.69, 9.17) is 9.53 Å². The maximum absolute atomic E-state index is 12.0. The van der Waals surface area contributed by atoms with Gasteiger partial charge in [0.05, 0.1) is 0 Å². The normalized spacial score (nSPS) is 11.9. The Bertz CT molecular complexity index is 655. The van der Waals surface area contributed by atoms with Crippen molar-refractivity contribution in [2.45, 2.75) is 113 Å². The maximum atomic E-state index is 12.0. The standard InChI is InChI=1S/C15H23NO2.C10H20O.C2H4O/c1-6-7-13(15(17)10(2)3)18-14-9-8-11(4)12(5)16-14;1-4-6-10(11)8-7-9(3)5-2;1-2-3/h8-10,13H,6-7H2,1-5H3;9H,4-8H2,1-3H3;2H,1H3. The fourth-order valence-corrected chi connectivity index (χ4v) is 2.73. The molecule has 0 aliphatic carbocycles. The van der Waals surface area contributed by atoms with E-state index in [0.717, 1.165) is 62.0 Å². The number of nitrogens with zero attached hydrogens (tertiary/aromatic N) is 1. The van der Waals surface area contributed by atoms with Crippen LogP contribution in [0.15, 0.2) is 12.1 Å². The van der Waals surface area contributed by atoms with Crippen LogP contribution < -0.4 is 4.74 Å². The Kier molecular flexibility index (Phi) is 19.7. The Balaban J connectivity index is 0. The van der Waals surface area contributed by atoms with Crippen LogP contribution in [0, 0.1) is 25.7 Å². The number of Topliss-reactive ketones (excluding diaryl/α,β-unsaturated/α-hetero) is 2. The van der Waals surface area contributed by atoms with Gasteiger partial charge in [0.2, 0.25) is 5.88 Å². The van der Waals surface area contributed by atoms with Crippen molar-refractivity contribution in [2.24, 2.45) is 11.8 Å². The highest BCUT2D eigenvalue weighted by atomic mass is 16.5. The first-order valence-corrected chi connectivity index (χ1v) is 12.1. The van der Waals surface area contributed by atoms with Crippen LogP contribution in [0.1, 0.15) is 105 Å². The fourth-order valence-electron chi connectivity index (χ4n) is 2.73. The monoisotopic (exact) mass is 449 g/mol. The number of carbonyl (C=O) groups is 3. The van der Waals surface area contributed by atoms with Crippen LogP contribution in [0.3, 0.4) is 0 Å². The van der Waals surface area contributed by atoms with E-state index >= 15 is 0 Å². The van der Waals surface area contributed by atoms with E-state index in [1.54, 1.807) is 0 Å². The van der Waals surface area contributed by atoms with Crippen molar-refractivity contribution >= 4 is 17.9 Å². The molecule has 1 aromatic rings. The highest BCUT2D eigenvalue weighted by Crippen LogP contribution is 2.17. The molecule has 1 aromatic heterocycles. The van der Waals surface area contributed by atoms with Gasteiger partial charge in [0.25, 0.3) is 0 Å². The maximum Gasteiger partial charge on any atom is 0.214 e. The third-order valence-corrected chi connectivity index (χ3v) is 5.17. The van der Waals surface area contributed by atoms with E-state index in [1.165, 1.54) is 13.3 Å². The number of ether oxygens (including phenoxy) is 1. The molecule has 0 aliphatic heterocycles. The SMILES string of the molecule is CC=O.CCCC(=O)CCC(C)CC.CCCC(Oc1ccc(C)c(C)n1)C(=O)C(C)C. The quantitative estimate of drug-likeness (QED) is 0.326. The van der Waals surface area contributed by atoms with Gasteiger partial charge in [-0.3, -0.25) is 9.59 Å². The summed E-state index contributed by atoms with van der Waals surface area (Å²) in [5.41, 5.74) is 2.07. The molecular weight excluding hydrogens is 402 g/mol. The van der Waals surface area contributed by atoms with E-state index < -0.39 is 0 Å². The molecule has 5 nitrogen and oxygen atoms in total. The van der Waals surface area contributed by atoms with Crippen molar-refractivity contribution in [2.75, 3.05) is 0 Å². The summed E-state index contributed by atoms with van der Waals surface area (Å²) in [7, 11) is 0. The lowest BCUT2D eigenvalue weighted by Gasteiger charge is -2.19. The molecule has 0 radical (unpaired) electrons. The minimum absolute atomic E-state index is 0.00639. The number of carbonyl (C=O) groups excluding carboxylic acids is 3. The lowest BCUT2D eigenvalue weighted by molar-refractivity contribution is -0.129. The summed E-state index contributed by atoms with van der Waals surface area (Å²) >= 11 is 0. The van der Waals surface area contributed by atoms with Crippen LogP contribution in [-0.2, 0) is 14.4 Å². The molecule has 2 unspecified atom stereocenters. The fraction of sp³-hybridized carbons (Fsp3) is 0.704. The van der Waals surface area contributed by atoms with Crippen LogP contribution in [0.25, 0.3) is 0 Å². The van der Waals surface area contributed by atoms with Gasteiger partial charge in [-0.05, 0) is 51.5 Å². The summed E-state index contributed by atoms with van der Waals surface area (Å²) < 4.78 is 5.75. The van der Waals surface area contributed by atoms with Crippen LogP contribution in [0.5, 0.6) is 5.88 Å². The molecule has 0 bridgehead atoms. The van der Waals surface area contributed by atoms with Crippen LogP contribution in [-0.4, -0.2) is 28.9 Å². The second kappa shape index (κ2) is 19.6. The van der Waals surface area contributed by atoms with E-state index in [1.807, 2.05) is 39.8 Å². The number of hydrogen-bond donors (Lipinski definition) is 0. The lowest BCUT2D eigenvalue weighted by atomic mass is 10.00. The van der Waals surface area contributed by atoms with Crippen molar-refractivity contribution in [1.29, 1.82) is 0 Å². The van der Waals surface area contributed by atoms with E-state index in [9.17, 15) is 9.59 Å². The molecule has 0 amide bonds. The van der Waals surface area contributed by atoms with E-state index in [2.05, 4.69) is 32.7 Å². The highest BCUT2D eigenvalue weighted by Gasteiger charge is 2.22. The molecule has 1 heterocycles. The smallest absolute Gasteiger partial charge is 0.214 e. The summed E-state index contributed by atoms with van der Waals surface area (Å²) in [6, 6.07) is 3.80. The number of rotatable bonds is 12. The molecule has 184 valence electrons. The molecule has 0 spiro atoms. The van der Waals surface area contributed by atoms with Gasteiger partial charge < -0.3 is 9.53 Å². The van der Waals surface area contributed by atoms with Crippen molar-refractivity contribution < 1.29 is 19.1 Å². The van der Waals surface area contributed by atoms with Gasteiger partial charge in [-0.15, -0.1) is 0 Å². The number of ketones is 2. The Labute approximate surface area is 196 Å². The largest absolute Gasteiger partial charge is 0.466 e. The van der Waals surface area contributed by atoms with Gasteiger partial charge in [0.15, 0.2) is 11.9 Å². The van der Waals surface area contributed by atoms with Gasteiger partial charge in [-0.25, -0.2) is 4.98 Å². The zero-order chi connectivity index (χ0) is 25.1. The topological polar surface area (TPSA) is 73.3 Å². The second-order valence-electron chi connectivity index (χ2n) is 8.58. The zero-order valence-corrected chi connectivity index (χ0v) is 22.0. The number of aryl methyl sites for hydroxylation is 2. The Hall–Kier alpha value is -2.04. The van der Waals surface area contributed by atoms with Gasteiger partial charge in [-0.2, -0.15) is 0 Å². The molecule has 5 heteroatoms. The molecular formula is C27H47NO4. The Morgan fingerprint density at radius 1 is 1.00 bits per heavy atom. The van der Waals surface area contributed by atoms with Gasteiger partial charge in [0, 0.05) is 30.5 Å². The number of aldehydes is 1. The second-order valence-corrected chi connectivity index (χ2v) is 8.58. The molecule has 0 aromatic carbocycles. The molecule has 0 saturated heterocycles. The van der Waals surface area contributed by atoms with Gasteiger partial charge in [0.1, 0.15) is 12.1 Å². The summed E-state index contributed by atoms with van der Waals surface area (Å²) in [5.74, 6) is 1.85. The summed E-state index contributed by atoms with van der Waals surface area (Å²) in [6.07, 6.45) is 6.89. The zero-order valence-electron chi connectivity index (χ0n) is 22.0. The first-order chi connectivity index (χ1) is 15.1. The summed E-state index contributed by atoms with van der Waals surface area (Å²) in [4.78, 5) is 36.3. The third kappa shape index (κ3) is 15.7. The van der Waals surface area contributed by atoms with Crippen molar-refractivity contribution in [1.82, 2.24) is 4.98 Å². The first kappa shape index (κ1) is 32.1. The van der Waals surface area contributed by atoms with E-state index in [-0.39, 0.29) is 17.8 Å². The summed E-state index contributed by atoms with van der Waals surface area (Å²) in [6.45, 7) is 17.7. The first-order valence-electron chi connectivity index (χ1n) is 12.1. The molecule has 0 fully saturated rings. The molecule has 32 heavy (non-hydrogen) atoms. The van der Waals surface area contributed by atoms with Crippen LogP contribution in [0.4, 0.5) is 0 Å². The average Bonchev–Trinajstić information content (AvgIpc) is 2.75. The van der Waals surface area contributed by atoms with Gasteiger partial charge >= 0.3 is 0 Å². The predicted octanol–water partition coefficient (Wildman–Crippen LogP) is 6.86. The third-order valence-electron chi connectivity index (χ3n) is 5.17. The van der Waals surface area contributed by atoms with Crippen molar-refractivity contribution in [3.63, 3.8) is 0 Å². The van der Waals surface area contributed by atoms with Gasteiger partial charge in [-0.1, -0.05) is 60.5 Å². The number of hydrogen-bond acceptors (Lipinski definition) is 5. The Morgan fingerprint density at radius 2 is 1.59 bits per heavy atom. The minimum Gasteiger partial charge on any atom is -0.466 e. The molecule has 2 atom stereocenters. The molecule has 1 rings (SSSR count). The number of aromatic nitrogens is 1.